The van der Waals surface area contributed by atoms with Gasteiger partial charge in [0.15, 0.2) is 23.0 Å². The summed E-state index contributed by atoms with van der Waals surface area (Å²) < 4.78 is 20.7. The van der Waals surface area contributed by atoms with Crippen LogP contribution in [-0.2, 0) is 0 Å². The highest BCUT2D eigenvalue weighted by atomic mass is 16.5. The lowest BCUT2D eigenvalue weighted by atomic mass is 10.2. The van der Waals surface area contributed by atoms with Crippen molar-refractivity contribution in [3.8, 4) is 34.5 Å². The highest BCUT2D eigenvalue weighted by Crippen LogP contribution is 2.30. The molecular weight excluding hydrogens is 404 g/mol. The molecule has 2 N–H and O–H groups in total. The molecule has 0 radical (unpaired) electrons. The Balaban J connectivity index is 1.72. The molecule has 0 aromatic heterocycles. The summed E-state index contributed by atoms with van der Waals surface area (Å²) in [6.45, 7) is 1.70. The fraction of sp³-hybridized carbons (Fsp3) is 0.130. The van der Waals surface area contributed by atoms with Gasteiger partial charge in [-0.25, -0.2) is 9.59 Å². The van der Waals surface area contributed by atoms with E-state index in [4.69, 9.17) is 18.9 Å². The standard InChI is InChI=1S/C23H20O8/c1-13-10-16(30-22(26)14-4-7-17(24)20(11-14)28-2)6-9-19(13)31-23(27)15-5-8-18(25)21(12-15)29-3/h4-12,24-25H,1-3H3. The summed E-state index contributed by atoms with van der Waals surface area (Å²) >= 11 is 0. The smallest absolute Gasteiger partial charge is 0.343 e. The minimum atomic E-state index is -0.640. The number of benzene rings is 3. The van der Waals surface area contributed by atoms with Crippen LogP contribution in [0.1, 0.15) is 26.3 Å². The van der Waals surface area contributed by atoms with Crippen molar-refractivity contribution in [1.29, 1.82) is 0 Å². The summed E-state index contributed by atoms with van der Waals surface area (Å²) in [5.74, 6) is -0.622. The van der Waals surface area contributed by atoms with Gasteiger partial charge >= 0.3 is 11.9 Å². The van der Waals surface area contributed by atoms with E-state index in [-0.39, 0.29) is 45.6 Å². The maximum atomic E-state index is 12.4. The van der Waals surface area contributed by atoms with Crippen LogP contribution in [0.25, 0.3) is 0 Å². The monoisotopic (exact) mass is 424 g/mol. The number of aryl methyl sites for hydroxylation is 1. The Morgan fingerprint density at radius 3 is 1.68 bits per heavy atom. The second-order valence-corrected chi connectivity index (χ2v) is 6.48. The molecule has 0 heterocycles. The van der Waals surface area contributed by atoms with Crippen molar-refractivity contribution in [1.82, 2.24) is 0 Å². The Bertz CT molecular complexity index is 1140. The van der Waals surface area contributed by atoms with E-state index in [2.05, 4.69) is 0 Å². The van der Waals surface area contributed by atoms with Crippen LogP contribution in [0, 0.1) is 6.92 Å². The zero-order valence-corrected chi connectivity index (χ0v) is 17.0. The van der Waals surface area contributed by atoms with E-state index in [1.54, 1.807) is 13.0 Å². The van der Waals surface area contributed by atoms with E-state index in [0.717, 1.165) is 0 Å². The summed E-state index contributed by atoms with van der Waals surface area (Å²) in [5, 5.41) is 19.3. The summed E-state index contributed by atoms with van der Waals surface area (Å²) in [6.07, 6.45) is 0. The van der Waals surface area contributed by atoms with Crippen molar-refractivity contribution in [3.05, 3.63) is 71.3 Å². The molecule has 3 aromatic carbocycles. The average Bonchev–Trinajstić information content (AvgIpc) is 2.76. The fourth-order valence-corrected chi connectivity index (χ4v) is 2.73. The predicted molar refractivity (Wildman–Crippen MR) is 110 cm³/mol. The van der Waals surface area contributed by atoms with Gasteiger partial charge in [0.25, 0.3) is 0 Å². The minimum absolute atomic E-state index is 0.0901. The van der Waals surface area contributed by atoms with E-state index < -0.39 is 11.9 Å². The maximum Gasteiger partial charge on any atom is 0.343 e. The summed E-state index contributed by atoms with van der Waals surface area (Å²) in [4.78, 5) is 24.8. The first-order valence-electron chi connectivity index (χ1n) is 9.11. The highest BCUT2D eigenvalue weighted by molar-refractivity contribution is 5.93. The first-order valence-corrected chi connectivity index (χ1v) is 9.11. The number of phenolic OH excluding ortho intramolecular Hbond substituents is 2. The number of hydrogen-bond acceptors (Lipinski definition) is 8. The molecule has 0 bridgehead atoms. The van der Waals surface area contributed by atoms with Crippen molar-refractivity contribution >= 4 is 11.9 Å². The third-order valence-corrected chi connectivity index (χ3v) is 4.39. The molecule has 8 nitrogen and oxygen atoms in total. The van der Waals surface area contributed by atoms with Crippen molar-refractivity contribution in [2.24, 2.45) is 0 Å². The lowest BCUT2D eigenvalue weighted by molar-refractivity contribution is 0.0718. The molecule has 0 saturated carbocycles. The van der Waals surface area contributed by atoms with E-state index in [9.17, 15) is 19.8 Å². The molecule has 0 aliphatic carbocycles. The zero-order valence-electron chi connectivity index (χ0n) is 17.0. The number of hydrogen-bond donors (Lipinski definition) is 2. The molecule has 0 amide bonds. The number of carbonyl (C=O) groups is 2. The van der Waals surface area contributed by atoms with Crippen LogP contribution in [-0.4, -0.2) is 36.4 Å². The van der Waals surface area contributed by atoms with Crippen LogP contribution < -0.4 is 18.9 Å². The van der Waals surface area contributed by atoms with E-state index in [0.29, 0.717) is 5.56 Å². The Hall–Kier alpha value is -4.20. The van der Waals surface area contributed by atoms with Gasteiger partial charge in [0, 0.05) is 0 Å². The van der Waals surface area contributed by atoms with Gasteiger partial charge in [-0.2, -0.15) is 0 Å². The van der Waals surface area contributed by atoms with Gasteiger partial charge in [-0.3, -0.25) is 0 Å². The molecule has 0 saturated heterocycles. The molecule has 3 aromatic rings. The van der Waals surface area contributed by atoms with Crippen molar-refractivity contribution < 1.29 is 38.7 Å². The lowest BCUT2D eigenvalue weighted by Crippen LogP contribution is -2.11. The van der Waals surface area contributed by atoms with Crippen LogP contribution >= 0.6 is 0 Å². The van der Waals surface area contributed by atoms with Crippen LogP contribution in [0.2, 0.25) is 0 Å². The molecule has 0 fully saturated rings. The quantitative estimate of drug-likeness (QED) is 0.453. The average molecular weight is 424 g/mol. The first kappa shape index (κ1) is 21.5. The van der Waals surface area contributed by atoms with Gasteiger partial charge in [0.2, 0.25) is 0 Å². The van der Waals surface area contributed by atoms with Gasteiger partial charge in [0.05, 0.1) is 25.3 Å². The third-order valence-electron chi connectivity index (χ3n) is 4.39. The Morgan fingerprint density at radius 2 is 1.19 bits per heavy atom. The molecule has 31 heavy (non-hydrogen) atoms. The molecule has 160 valence electrons. The number of esters is 2. The summed E-state index contributed by atoms with van der Waals surface area (Å²) in [7, 11) is 2.75. The van der Waals surface area contributed by atoms with Gasteiger partial charge in [-0.1, -0.05) is 0 Å². The second kappa shape index (κ2) is 9.08. The maximum absolute atomic E-state index is 12.4. The Morgan fingerprint density at radius 1 is 0.677 bits per heavy atom. The molecule has 0 unspecified atom stereocenters. The van der Waals surface area contributed by atoms with E-state index >= 15 is 0 Å². The van der Waals surface area contributed by atoms with Crippen LogP contribution in [0.15, 0.2) is 54.6 Å². The summed E-state index contributed by atoms with van der Waals surface area (Å²) in [6, 6.07) is 12.8. The van der Waals surface area contributed by atoms with Crippen LogP contribution in [0.3, 0.4) is 0 Å². The van der Waals surface area contributed by atoms with Gasteiger partial charge in [0.1, 0.15) is 11.5 Å². The largest absolute Gasteiger partial charge is 0.504 e. The molecule has 0 aliphatic rings. The number of aromatic hydroxyl groups is 2. The van der Waals surface area contributed by atoms with Crippen molar-refractivity contribution in [2.45, 2.75) is 6.92 Å². The predicted octanol–water partition coefficient (Wildman–Crippen LogP) is 3.86. The molecule has 0 atom stereocenters. The number of rotatable bonds is 6. The zero-order chi connectivity index (χ0) is 22.5. The number of phenols is 2. The molecular formula is C23H20O8. The van der Waals surface area contributed by atoms with Crippen LogP contribution in [0.4, 0.5) is 0 Å². The SMILES string of the molecule is COc1cc(C(=O)Oc2ccc(OC(=O)c3ccc(O)c(OC)c3)c(C)c2)ccc1O. The first-order chi connectivity index (χ1) is 14.8. The van der Waals surface area contributed by atoms with Gasteiger partial charge < -0.3 is 29.2 Å². The van der Waals surface area contributed by atoms with E-state index in [1.165, 1.54) is 62.8 Å². The van der Waals surface area contributed by atoms with Gasteiger partial charge in [-0.15, -0.1) is 0 Å². The summed E-state index contributed by atoms with van der Waals surface area (Å²) in [5.41, 5.74) is 0.961. The van der Waals surface area contributed by atoms with Gasteiger partial charge in [-0.05, 0) is 67.1 Å². The number of ether oxygens (including phenoxy) is 4. The van der Waals surface area contributed by atoms with Crippen molar-refractivity contribution in [3.63, 3.8) is 0 Å². The normalized spacial score (nSPS) is 10.3. The topological polar surface area (TPSA) is 112 Å². The Kier molecular flexibility index (Phi) is 6.30. The minimum Gasteiger partial charge on any atom is -0.504 e. The fourth-order valence-electron chi connectivity index (χ4n) is 2.73. The second-order valence-electron chi connectivity index (χ2n) is 6.48. The Labute approximate surface area is 178 Å². The molecule has 0 spiro atoms. The highest BCUT2D eigenvalue weighted by Gasteiger charge is 2.16. The number of methoxy groups -OCH3 is 2. The third kappa shape index (κ3) is 4.87. The molecule has 3 rings (SSSR count). The van der Waals surface area contributed by atoms with Crippen molar-refractivity contribution in [2.75, 3.05) is 14.2 Å². The molecule has 8 heteroatoms. The number of carbonyl (C=O) groups excluding carboxylic acids is 2. The van der Waals surface area contributed by atoms with E-state index in [1.807, 2.05) is 0 Å². The molecule has 0 aliphatic heterocycles. The van der Waals surface area contributed by atoms with Crippen LogP contribution in [0.5, 0.6) is 34.5 Å². The lowest BCUT2D eigenvalue weighted by Gasteiger charge is -2.11.